The lowest BCUT2D eigenvalue weighted by Crippen LogP contribution is -2.52. The molecule has 206 valence electrons. The largest absolute Gasteiger partial charge is 0.352 e. The van der Waals surface area contributed by atoms with Crippen LogP contribution in [0.3, 0.4) is 0 Å². The maximum absolute atomic E-state index is 14.0. The van der Waals surface area contributed by atoms with Crippen molar-refractivity contribution in [3.8, 4) is 0 Å². The third kappa shape index (κ3) is 7.28. The minimum Gasteiger partial charge on any atom is -0.352 e. The van der Waals surface area contributed by atoms with E-state index in [1.165, 1.54) is 17.0 Å². The minimum atomic E-state index is -4.06. The summed E-state index contributed by atoms with van der Waals surface area (Å²) < 4.78 is 29.6. The van der Waals surface area contributed by atoms with E-state index in [4.69, 9.17) is 0 Å². The molecule has 39 heavy (non-hydrogen) atoms. The van der Waals surface area contributed by atoms with E-state index in [9.17, 15) is 18.0 Å². The van der Waals surface area contributed by atoms with E-state index < -0.39 is 28.5 Å². The molecule has 1 fully saturated rings. The van der Waals surface area contributed by atoms with E-state index in [0.29, 0.717) is 5.69 Å². The molecule has 3 aromatic rings. The third-order valence-corrected chi connectivity index (χ3v) is 9.38. The van der Waals surface area contributed by atoms with Crippen molar-refractivity contribution in [1.29, 1.82) is 0 Å². The summed E-state index contributed by atoms with van der Waals surface area (Å²) in [6.45, 7) is 3.33. The van der Waals surface area contributed by atoms with E-state index in [0.717, 1.165) is 45.6 Å². The van der Waals surface area contributed by atoms with Crippen molar-refractivity contribution < 1.29 is 18.0 Å². The van der Waals surface area contributed by atoms with Gasteiger partial charge in [-0.2, -0.15) is 0 Å². The normalized spacial score (nSPS) is 14.5. The van der Waals surface area contributed by atoms with Crippen molar-refractivity contribution in [3.05, 3.63) is 94.5 Å². The van der Waals surface area contributed by atoms with Gasteiger partial charge in [-0.25, -0.2) is 8.42 Å². The fraction of sp³-hybridized carbons (Fsp3) is 0.333. The van der Waals surface area contributed by atoms with Crippen LogP contribution in [0.5, 0.6) is 0 Å². The highest BCUT2D eigenvalue weighted by Gasteiger charge is 2.33. The average Bonchev–Trinajstić information content (AvgIpc) is 3.45. The predicted octanol–water partition coefficient (Wildman–Crippen LogP) is 5.43. The van der Waals surface area contributed by atoms with Gasteiger partial charge in [0.25, 0.3) is 10.0 Å². The summed E-state index contributed by atoms with van der Waals surface area (Å²) in [5.41, 5.74) is 2.18. The molecule has 0 radical (unpaired) electrons. The molecule has 3 aromatic carbocycles. The van der Waals surface area contributed by atoms with Crippen molar-refractivity contribution in [2.45, 2.75) is 63.1 Å². The van der Waals surface area contributed by atoms with Gasteiger partial charge in [0, 0.05) is 17.1 Å². The molecule has 0 spiro atoms. The first kappa shape index (κ1) is 28.8. The second kappa shape index (κ2) is 12.8. The zero-order chi connectivity index (χ0) is 28.0. The maximum Gasteiger partial charge on any atom is 0.264 e. The summed E-state index contributed by atoms with van der Waals surface area (Å²) in [4.78, 5) is 28.8. The smallest absolute Gasteiger partial charge is 0.264 e. The zero-order valence-electron chi connectivity index (χ0n) is 22.2. The molecule has 0 bridgehead atoms. The van der Waals surface area contributed by atoms with Crippen LogP contribution in [0.2, 0.25) is 0 Å². The number of aryl methyl sites for hydroxylation is 1. The molecule has 1 N–H and O–H groups in total. The van der Waals surface area contributed by atoms with Crippen LogP contribution in [0.15, 0.2) is 88.2 Å². The summed E-state index contributed by atoms with van der Waals surface area (Å²) in [5, 5.41) is 3.08. The van der Waals surface area contributed by atoms with Gasteiger partial charge in [0.05, 0.1) is 10.6 Å². The number of benzene rings is 3. The molecule has 4 rings (SSSR count). The highest BCUT2D eigenvalue weighted by molar-refractivity contribution is 9.10. The first-order valence-corrected chi connectivity index (χ1v) is 15.4. The Morgan fingerprint density at radius 3 is 2.18 bits per heavy atom. The number of anilines is 1. The van der Waals surface area contributed by atoms with Crippen LogP contribution in [0.25, 0.3) is 0 Å². The van der Waals surface area contributed by atoms with Crippen LogP contribution >= 0.6 is 15.9 Å². The number of carbonyl (C=O) groups is 2. The highest BCUT2D eigenvalue weighted by Crippen LogP contribution is 2.25. The molecule has 0 aromatic heterocycles. The van der Waals surface area contributed by atoms with Crippen molar-refractivity contribution in [2.75, 3.05) is 10.8 Å². The van der Waals surface area contributed by atoms with Gasteiger partial charge in [0.15, 0.2) is 0 Å². The number of carbonyl (C=O) groups excluding carboxylic acids is 2. The first-order valence-electron chi connectivity index (χ1n) is 13.1. The molecule has 1 aliphatic carbocycles. The van der Waals surface area contributed by atoms with Crippen LogP contribution in [0, 0.1) is 6.92 Å². The SMILES string of the molecule is Cc1ccc(N(CC(=O)N(Cc2ccc(Br)cc2)[C@@H](C)C(=O)NC2CCCC2)S(=O)(=O)c2ccccc2)cc1. The monoisotopic (exact) mass is 611 g/mol. The van der Waals surface area contributed by atoms with Crippen LogP contribution in [0.4, 0.5) is 5.69 Å². The van der Waals surface area contributed by atoms with Gasteiger partial charge in [0.2, 0.25) is 11.8 Å². The van der Waals surface area contributed by atoms with Crippen molar-refractivity contribution in [2.24, 2.45) is 0 Å². The molecule has 9 heteroatoms. The van der Waals surface area contributed by atoms with E-state index in [1.807, 2.05) is 43.3 Å². The van der Waals surface area contributed by atoms with Gasteiger partial charge in [-0.3, -0.25) is 13.9 Å². The van der Waals surface area contributed by atoms with Crippen LogP contribution in [-0.4, -0.2) is 43.8 Å². The molecule has 2 amide bonds. The van der Waals surface area contributed by atoms with Gasteiger partial charge in [-0.15, -0.1) is 0 Å². The summed E-state index contributed by atoms with van der Waals surface area (Å²) in [6.07, 6.45) is 4.00. The Labute approximate surface area is 239 Å². The first-order chi connectivity index (χ1) is 18.6. The fourth-order valence-electron chi connectivity index (χ4n) is 4.72. The van der Waals surface area contributed by atoms with E-state index in [1.54, 1.807) is 37.3 Å². The lowest BCUT2D eigenvalue weighted by molar-refractivity contribution is -0.139. The zero-order valence-corrected chi connectivity index (χ0v) is 24.6. The molecule has 0 unspecified atom stereocenters. The number of nitrogens with zero attached hydrogens (tertiary/aromatic N) is 2. The van der Waals surface area contributed by atoms with Crippen molar-refractivity contribution in [3.63, 3.8) is 0 Å². The number of hydrogen-bond donors (Lipinski definition) is 1. The maximum atomic E-state index is 14.0. The highest BCUT2D eigenvalue weighted by atomic mass is 79.9. The van der Waals surface area contributed by atoms with Crippen molar-refractivity contribution >= 4 is 43.5 Å². The van der Waals surface area contributed by atoms with Crippen LogP contribution < -0.4 is 9.62 Å². The van der Waals surface area contributed by atoms with E-state index in [2.05, 4.69) is 21.2 Å². The molecule has 7 nitrogen and oxygen atoms in total. The quantitative estimate of drug-likeness (QED) is 0.331. The van der Waals surface area contributed by atoms with Gasteiger partial charge >= 0.3 is 0 Å². The third-order valence-electron chi connectivity index (χ3n) is 7.07. The number of halogens is 1. The van der Waals surface area contributed by atoms with Crippen LogP contribution in [0.1, 0.15) is 43.7 Å². The Morgan fingerprint density at radius 2 is 1.56 bits per heavy atom. The lowest BCUT2D eigenvalue weighted by atomic mass is 10.1. The van der Waals surface area contributed by atoms with E-state index in [-0.39, 0.29) is 23.4 Å². The number of nitrogens with one attached hydrogen (secondary N) is 1. The molecule has 1 aliphatic rings. The Kier molecular flexibility index (Phi) is 9.45. The molecule has 1 atom stereocenters. The Balaban J connectivity index is 1.66. The summed E-state index contributed by atoms with van der Waals surface area (Å²) >= 11 is 3.43. The molecule has 0 saturated heterocycles. The summed E-state index contributed by atoms with van der Waals surface area (Å²) in [7, 11) is -4.06. The molecule has 0 heterocycles. The van der Waals surface area contributed by atoms with Gasteiger partial charge in [-0.1, -0.05) is 76.8 Å². The molecule has 1 saturated carbocycles. The fourth-order valence-corrected chi connectivity index (χ4v) is 6.42. The van der Waals surface area contributed by atoms with E-state index >= 15 is 0 Å². The Bertz CT molecular complexity index is 1370. The number of sulfonamides is 1. The second-order valence-corrected chi connectivity index (χ2v) is 12.8. The van der Waals surface area contributed by atoms with Gasteiger partial charge in [0.1, 0.15) is 12.6 Å². The summed E-state index contributed by atoms with van der Waals surface area (Å²) in [6, 6.07) is 21.9. The van der Waals surface area contributed by atoms with Crippen LogP contribution in [-0.2, 0) is 26.2 Å². The Hall–Kier alpha value is -3.17. The number of amides is 2. The Morgan fingerprint density at radius 1 is 0.949 bits per heavy atom. The molecular formula is C30H34BrN3O4S. The second-order valence-electron chi connectivity index (χ2n) is 9.97. The topological polar surface area (TPSA) is 86.8 Å². The number of rotatable bonds is 10. The minimum absolute atomic E-state index is 0.0878. The average molecular weight is 613 g/mol. The van der Waals surface area contributed by atoms with Gasteiger partial charge in [-0.05, 0) is 68.7 Å². The predicted molar refractivity (Wildman–Crippen MR) is 157 cm³/mol. The standard InChI is InChI=1S/C30H34BrN3O4S/c1-22-12-18-27(19-13-22)34(39(37,38)28-10-4-3-5-11-28)21-29(35)33(20-24-14-16-25(31)17-15-24)23(2)30(36)32-26-8-6-7-9-26/h3-5,10-19,23,26H,6-9,20-21H2,1-2H3,(H,32,36)/t23-/m0/s1. The van der Waals surface area contributed by atoms with Gasteiger partial charge < -0.3 is 10.2 Å². The number of hydrogen-bond acceptors (Lipinski definition) is 4. The molecular weight excluding hydrogens is 578 g/mol. The lowest BCUT2D eigenvalue weighted by Gasteiger charge is -2.32. The van der Waals surface area contributed by atoms with Crippen molar-refractivity contribution in [1.82, 2.24) is 10.2 Å². The summed E-state index contributed by atoms with van der Waals surface area (Å²) in [5.74, 6) is -0.702. The molecule has 0 aliphatic heterocycles.